The second kappa shape index (κ2) is 22.1. The van der Waals surface area contributed by atoms with Gasteiger partial charge in [-0.2, -0.15) is 0 Å². The molecule has 2 aromatic heterocycles. The molecule has 434 valence electrons. The van der Waals surface area contributed by atoms with E-state index in [4.69, 9.17) is 0 Å². The fraction of sp³-hybridized carbons (Fsp3) is 0.0110. The number of nitrogens with zero attached hydrogens (tertiary/aromatic N) is 2. The van der Waals surface area contributed by atoms with E-state index in [1.165, 1.54) is 161 Å². The van der Waals surface area contributed by atoms with E-state index in [0.717, 1.165) is 5.69 Å². The maximum absolute atomic E-state index is 2.44. The van der Waals surface area contributed by atoms with Crippen molar-refractivity contribution in [2.45, 2.75) is 5.41 Å². The lowest BCUT2D eigenvalue weighted by atomic mass is 9.67. The quantitative estimate of drug-likeness (QED) is 0.122. The van der Waals surface area contributed by atoms with Gasteiger partial charge in [-0.3, -0.25) is 0 Å². The Morgan fingerprint density at radius 2 is 0.527 bits per heavy atom. The second-order valence-corrected chi connectivity index (χ2v) is 24.7. The highest BCUT2D eigenvalue weighted by Gasteiger charge is 2.46. The van der Waals surface area contributed by atoms with Crippen LogP contribution in [0.25, 0.3) is 144 Å². The lowest BCUT2D eigenvalue weighted by molar-refractivity contribution is 0.769. The van der Waals surface area contributed by atoms with Gasteiger partial charge in [-0.25, -0.2) is 0 Å². The fourth-order valence-electron chi connectivity index (χ4n) is 15.3. The van der Waals surface area contributed by atoms with Crippen molar-refractivity contribution >= 4 is 43.6 Å². The number of hydrogen-bond donors (Lipinski definition) is 0. The molecule has 0 radical (unpaired) electrons. The van der Waals surface area contributed by atoms with Crippen molar-refractivity contribution in [2.75, 3.05) is 0 Å². The first-order valence-corrected chi connectivity index (χ1v) is 32.2. The Balaban J connectivity index is 0.646. The Bertz CT molecular complexity index is 5680. The Kier molecular flexibility index (Phi) is 12.8. The summed E-state index contributed by atoms with van der Waals surface area (Å²) >= 11 is 0. The van der Waals surface area contributed by atoms with Crippen molar-refractivity contribution in [1.29, 1.82) is 0 Å². The van der Waals surface area contributed by atoms with Crippen molar-refractivity contribution in [3.63, 3.8) is 0 Å². The van der Waals surface area contributed by atoms with Gasteiger partial charge in [-0.05, 0) is 179 Å². The zero-order chi connectivity index (χ0) is 61.4. The second-order valence-electron chi connectivity index (χ2n) is 24.7. The molecule has 0 unspecified atom stereocenters. The van der Waals surface area contributed by atoms with Gasteiger partial charge in [0.2, 0.25) is 0 Å². The zero-order valence-corrected chi connectivity index (χ0v) is 51.0. The van der Waals surface area contributed by atoms with Crippen molar-refractivity contribution in [2.24, 2.45) is 0 Å². The summed E-state index contributed by atoms with van der Waals surface area (Å²) in [7, 11) is 0. The van der Waals surface area contributed by atoms with Crippen LogP contribution in [0.3, 0.4) is 0 Å². The molecule has 0 N–H and O–H groups in total. The van der Waals surface area contributed by atoms with Gasteiger partial charge in [-0.15, -0.1) is 0 Å². The summed E-state index contributed by atoms with van der Waals surface area (Å²) in [6.45, 7) is 0. The molecule has 1 aliphatic rings. The number of aromatic nitrogens is 2. The van der Waals surface area contributed by atoms with Crippen LogP contribution < -0.4 is 0 Å². The molecular formula is C91H60N2. The van der Waals surface area contributed by atoms with Crippen LogP contribution in [-0.2, 0) is 5.41 Å². The normalized spacial score (nSPS) is 12.4. The summed E-state index contributed by atoms with van der Waals surface area (Å²) in [5.41, 5.74) is 30.9. The lowest BCUT2D eigenvalue weighted by Crippen LogP contribution is -2.28. The van der Waals surface area contributed by atoms with Crippen LogP contribution in [0.2, 0.25) is 0 Å². The number of para-hydroxylation sites is 3. The summed E-state index contributed by atoms with van der Waals surface area (Å²) < 4.78 is 4.87. The minimum Gasteiger partial charge on any atom is -0.309 e. The maximum atomic E-state index is 2.44. The minimum absolute atomic E-state index is 0.550. The van der Waals surface area contributed by atoms with Crippen LogP contribution in [-0.4, -0.2) is 9.13 Å². The minimum atomic E-state index is -0.550. The fourth-order valence-corrected chi connectivity index (χ4v) is 15.3. The van der Waals surface area contributed by atoms with Gasteiger partial charge in [0.25, 0.3) is 0 Å². The van der Waals surface area contributed by atoms with Gasteiger partial charge in [0.05, 0.1) is 33.2 Å². The van der Waals surface area contributed by atoms with Gasteiger partial charge >= 0.3 is 0 Å². The maximum Gasteiger partial charge on any atom is 0.0713 e. The Morgan fingerprint density at radius 3 is 1.10 bits per heavy atom. The van der Waals surface area contributed by atoms with E-state index in [1.54, 1.807) is 0 Å². The monoisotopic (exact) mass is 1180 g/mol. The topological polar surface area (TPSA) is 9.86 Å². The van der Waals surface area contributed by atoms with E-state index in [1.807, 2.05) is 0 Å². The van der Waals surface area contributed by atoms with Crippen LogP contribution in [0.4, 0.5) is 0 Å². The number of fused-ring (bicyclic) bond motifs is 9. The third-order valence-corrected chi connectivity index (χ3v) is 19.6. The molecule has 0 atom stereocenters. The standard InChI is InChI=1S/C91H60N2/c1-3-21-61(22-4-1)67-25-17-26-68(55-67)70-28-19-31-75(57-70)91(84-38-12-7-34-78(84)79-35-8-13-39-85(79)91)74-30-18-27-69(56-74)64-47-43-62(44-48-64)63-45-49-65(50-46-63)71-29-20-32-76(58-71)92-87-41-15-10-36-80(87)82-59-72(51-53-89(82)92)73-52-54-90-83(60-73)81-37-11-16-42-88(81)93(90)86-40-14-9-33-77(86)66-23-5-2-6-24-66/h1-60H. The number of rotatable bonds is 11. The molecule has 0 amide bonds. The van der Waals surface area contributed by atoms with Crippen LogP contribution in [0, 0.1) is 0 Å². The van der Waals surface area contributed by atoms with Crippen LogP contribution >= 0.6 is 0 Å². The number of benzene rings is 15. The van der Waals surface area contributed by atoms with Crippen LogP contribution in [0.5, 0.6) is 0 Å². The molecule has 15 aromatic carbocycles. The Hall–Kier alpha value is -12.1. The summed E-state index contributed by atoms with van der Waals surface area (Å²) in [5, 5.41) is 4.94. The molecule has 2 heterocycles. The predicted molar refractivity (Wildman–Crippen MR) is 390 cm³/mol. The van der Waals surface area contributed by atoms with Gasteiger partial charge in [-0.1, -0.05) is 291 Å². The van der Waals surface area contributed by atoms with E-state index in [2.05, 4.69) is 373 Å². The van der Waals surface area contributed by atoms with Crippen molar-refractivity contribution < 1.29 is 0 Å². The Labute approximate surface area is 541 Å². The molecule has 0 bridgehead atoms. The molecule has 93 heavy (non-hydrogen) atoms. The summed E-state index contributed by atoms with van der Waals surface area (Å²) in [6.07, 6.45) is 0. The Morgan fingerprint density at radius 1 is 0.183 bits per heavy atom. The van der Waals surface area contributed by atoms with Crippen LogP contribution in [0.15, 0.2) is 364 Å². The zero-order valence-electron chi connectivity index (χ0n) is 51.0. The molecule has 0 saturated carbocycles. The molecule has 0 spiro atoms. The van der Waals surface area contributed by atoms with E-state index in [0.29, 0.717) is 0 Å². The van der Waals surface area contributed by atoms with Crippen LogP contribution in [0.1, 0.15) is 22.3 Å². The van der Waals surface area contributed by atoms with Crippen molar-refractivity contribution in [3.05, 3.63) is 386 Å². The first kappa shape index (κ1) is 53.9. The highest BCUT2D eigenvalue weighted by Crippen LogP contribution is 2.57. The van der Waals surface area contributed by atoms with Gasteiger partial charge in [0.15, 0.2) is 0 Å². The van der Waals surface area contributed by atoms with E-state index in [-0.39, 0.29) is 0 Å². The first-order chi connectivity index (χ1) is 46.1. The average Bonchev–Trinajstić information content (AvgIpc) is 1.57. The summed E-state index contributed by atoms with van der Waals surface area (Å²) in [4.78, 5) is 0. The molecule has 2 heteroatoms. The van der Waals surface area contributed by atoms with E-state index >= 15 is 0 Å². The molecule has 18 rings (SSSR count). The molecular weight excluding hydrogens is 1120 g/mol. The molecule has 2 nitrogen and oxygen atoms in total. The largest absolute Gasteiger partial charge is 0.309 e. The molecule has 0 saturated heterocycles. The van der Waals surface area contributed by atoms with Crippen molar-refractivity contribution in [1.82, 2.24) is 9.13 Å². The third kappa shape index (κ3) is 8.94. The lowest BCUT2D eigenvalue weighted by Gasteiger charge is -2.34. The van der Waals surface area contributed by atoms with Gasteiger partial charge < -0.3 is 9.13 Å². The molecule has 17 aromatic rings. The predicted octanol–water partition coefficient (Wildman–Crippen LogP) is 23.9. The van der Waals surface area contributed by atoms with E-state index in [9.17, 15) is 0 Å². The highest BCUT2D eigenvalue weighted by molar-refractivity contribution is 6.13. The number of hydrogen-bond acceptors (Lipinski definition) is 0. The summed E-state index contributed by atoms with van der Waals surface area (Å²) in [6, 6.07) is 135. The molecule has 0 aliphatic heterocycles. The van der Waals surface area contributed by atoms with Gasteiger partial charge in [0, 0.05) is 32.8 Å². The van der Waals surface area contributed by atoms with Crippen molar-refractivity contribution in [3.8, 4) is 100 Å². The molecule has 0 fully saturated rings. The smallest absolute Gasteiger partial charge is 0.0713 e. The first-order valence-electron chi connectivity index (χ1n) is 32.2. The highest BCUT2D eigenvalue weighted by atomic mass is 15.0. The van der Waals surface area contributed by atoms with E-state index < -0.39 is 5.41 Å². The SMILES string of the molecule is c1ccc(-c2cccc(-c3cccc(C4(c5cccc(-c6ccc(-c7ccc(-c8cccc(-n9c%10ccccc%10c%10cc(-c%11ccc%12c(c%11)c%11ccccc%11n%12-c%11ccccc%11-c%11ccccc%11)ccc%109)c8)cc7)cc6)c5)c5ccccc5-c5ccccc54)c3)c2)cc1. The molecule has 1 aliphatic carbocycles. The average molecular weight is 1180 g/mol. The summed E-state index contributed by atoms with van der Waals surface area (Å²) in [5.74, 6) is 0. The third-order valence-electron chi connectivity index (χ3n) is 19.6. The van der Waals surface area contributed by atoms with Gasteiger partial charge in [0.1, 0.15) is 0 Å².